The van der Waals surface area contributed by atoms with Crippen LogP contribution in [0.2, 0.25) is 0 Å². The Balaban J connectivity index is 1.55. The normalized spacial score (nSPS) is 32.4. The topological polar surface area (TPSA) is 46.6 Å². The lowest BCUT2D eigenvalue weighted by Gasteiger charge is -2.41. The van der Waals surface area contributed by atoms with E-state index >= 15 is 0 Å². The minimum absolute atomic E-state index is 0.121. The van der Waals surface area contributed by atoms with Crippen molar-refractivity contribution in [2.24, 2.45) is 5.92 Å². The fourth-order valence-electron chi connectivity index (χ4n) is 4.66. The van der Waals surface area contributed by atoms with Crippen molar-refractivity contribution in [3.63, 3.8) is 0 Å². The number of rotatable bonds is 4. The Labute approximate surface area is 139 Å². The van der Waals surface area contributed by atoms with E-state index in [1.807, 2.05) is 0 Å². The van der Waals surface area contributed by atoms with Gasteiger partial charge in [0.25, 0.3) is 0 Å². The summed E-state index contributed by atoms with van der Waals surface area (Å²) in [5.41, 5.74) is -0.121. The summed E-state index contributed by atoms with van der Waals surface area (Å²) in [5, 5.41) is 0. The number of likely N-dealkylation sites (tertiary alicyclic amines) is 1. The summed E-state index contributed by atoms with van der Waals surface area (Å²) in [5.74, 6) is 0.876. The van der Waals surface area contributed by atoms with E-state index in [1.165, 1.54) is 19.3 Å². The Morgan fingerprint density at radius 2 is 1.87 bits per heavy atom. The van der Waals surface area contributed by atoms with Gasteiger partial charge in [0.1, 0.15) is 5.78 Å². The van der Waals surface area contributed by atoms with E-state index in [4.69, 9.17) is 4.74 Å². The number of hydrogen-bond acceptors (Lipinski definition) is 3. The highest BCUT2D eigenvalue weighted by molar-refractivity contribution is 5.79. The summed E-state index contributed by atoms with van der Waals surface area (Å²) >= 11 is 0. The van der Waals surface area contributed by atoms with E-state index in [-0.39, 0.29) is 23.4 Å². The molecule has 1 amide bonds. The molecule has 0 aromatic heterocycles. The van der Waals surface area contributed by atoms with Gasteiger partial charge in [-0.2, -0.15) is 0 Å². The summed E-state index contributed by atoms with van der Waals surface area (Å²) in [6, 6.07) is 0. The van der Waals surface area contributed by atoms with Crippen molar-refractivity contribution in [2.45, 2.75) is 89.3 Å². The molecular formula is C19H31NO3. The fraction of sp³-hybridized carbons (Fsp3) is 0.895. The second-order valence-electron chi connectivity index (χ2n) is 7.90. The molecule has 0 bridgehead atoms. The Kier molecular flexibility index (Phi) is 5.40. The fourth-order valence-corrected chi connectivity index (χ4v) is 4.66. The maximum Gasteiger partial charge on any atom is 0.225 e. The maximum absolute atomic E-state index is 12.8. The average Bonchev–Trinajstić information content (AvgIpc) is 2.95. The largest absolute Gasteiger partial charge is 0.370 e. The van der Waals surface area contributed by atoms with Crippen molar-refractivity contribution in [1.29, 1.82) is 0 Å². The molecule has 130 valence electrons. The summed E-state index contributed by atoms with van der Waals surface area (Å²) in [7, 11) is 0. The highest BCUT2D eigenvalue weighted by Gasteiger charge is 2.44. The molecule has 2 saturated heterocycles. The first kappa shape index (κ1) is 16.9. The molecule has 0 N–H and O–H groups in total. The van der Waals surface area contributed by atoms with Crippen LogP contribution in [0.15, 0.2) is 0 Å². The molecule has 1 saturated carbocycles. The van der Waals surface area contributed by atoms with Crippen LogP contribution in [0.3, 0.4) is 0 Å². The van der Waals surface area contributed by atoms with Crippen molar-refractivity contribution in [2.75, 3.05) is 13.1 Å². The molecule has 4 heteroatoms. The smallest absolute Gasteiger partial charge is 0.225 e. The first-order valence-electron chi connectivity index (χ1n) is 9.54. The second kappa shape index (κ2) is 7.33. The number of Topliss-reactive ketones (excluding diaryl/α,β-unsaturated/α-hetero) is 1. The number of ketones is 1. The minimum atomic E-state index is -0.121. The van der Waals surface area contributed by atoms with Crippen LogP contribution in [0, 0.1) is 5.92 Å². The van der Waals surface area contributed by atoms with Crippen molar-refractivity contribution >= 4 is 11.7 Å². The van der Waals surface area contributed by atoms with Crippen molar-refractivity contribution in [3.8, 4) is 0 Å². The number of carbonyl (C=O) groups excluding carboxylic acids is 2. The molecule has 1 spiro atoms. The monoisotopic (exact) mass is 321 g/mol. The zero-order valence-electron chi connectivity index (χ0n) is 14.5. The Morgan fingerprint density at radius 1 is 1.09 bits per heavy atom. The van der Waals surface area contributed by atoms with Crippen LogP contribution in [0.5, 0.6) is 0 Å². The van der Waals surface area contributed by atoms with Crippen molar-refractivity contribution < 1.29 is 14.3 Å². The van der Waals surface area contributed by atoms with Crippen LogP contribution in [0.4, 0.5) is 0 Å². The van der Waals surface area contributed by atoms with Crippen LogP contribution in [0.25, 0.3) is 0 Å². The molecule has 3 aliphatic rings. The predicted octanol–water partition coefficient (Wildman–Crippen LogP) is 3.48. The van der Waals surface area contributed by atoms with Crippen LogP contribution in [-0.4, -0.2) is 41.4 Å². The third kappa shape index (κ3) is 4.14. The number of amides is 1. The zero-order chi connectivity index (χ0) is 16.3. The molecule has 3 rings (SSSR count). The summed E-state index contributed by atoms with van der Waals surface area (Å²) < 4.78 is 6.36. The maximum atomic E-state index is 12.8. The number of hydrogen-bond donors (Lipinski definition) is 0. The van der Waals surface area contributed by atoms with Gasteiger partial charge in [-0.15, -0.1) is 0 Å². The van der Waals surface area contributed by atoms with Crippen LogP contribution >= 0.6 is 0 Å². The molecule has 3 fully saturated rings. The molecule has 2 atom stereocenters. The molecule has 0 radical (unpaired) electrons. The van der Waals surface area contributed by atoms with Crippen LogP contribution in [0.1, 0.15) is 77.6 Å². The van der Waals surface area contributed by atoms with E-state index in [0.29, 0.717) is 12.3 Å². The van der Waals surface area contributed by atoms with Crippen molar-refractivity contribution in [1.82, 2.24) is 4.90 Å². The quantitative estimate of drug-likeness (QED) is 0.796. The summed E-state index contributed by atoms with van der Waals surface area (Å²) in [4.78, 5) is 26.1. The average molecular weight is 321 g/mol. The Morgan fingerprint density at radius 3 is 2.61 bits per heavy atom. The van der Waals surface area contributed by atoms with Gasteiger partial charge in [-0.25, -0.2) is 0 Å². The molecule has 0 unspecified atom stereocenters. The molecule has 0 aromatic rings. The molecule has 23 heavy (non-hydrogen) atoms. The van der Waals surface area contributed by atoms with E-state index in [1.54, 1.807) is 6.92 Å². The van der Waals surface area contributed by atoms with E-state index in [9.17, 15) is 9.59 Å². The number of carbonyl (C=O) groups is 2. The summed E-state index contributed by atoms with van der Waals surface area (Å²) in [6.45, 7) is 3.33. The standard InChI is InChI=1S/C19H31NO3/c1-15(21)8-9-17-10-12-19(23-17)11-5-13-20(14-19)18(22)16-6-3-2-4-7-16/h16-17H,2-14H2,1H3/t17-,19+/m1/s1. The SMILES string of the molecule is CC(=O)CC[C@@H]1CC[C@]2(CCCN(C(=O)C3CCCCC3)C2)O1. The number of ether oxygens (including phenoxy) is 1. The third-order valence-corrected chi connectivity index (χ3v) is 5.96. The molecule has 1 aliphatic carbocycles. The van der Waals surface area contributed by atoms with Gasteiger partial charge in [0.15, 0.2) is 0 Å². The van der Waals surface area contributed by atoms with Gasteiger partial charge in [-0.3, -0.25) is 4.79 Å². The lowest BCUT2D eigenvalue weighted by Crippen LogP contribution is -2.52. The van der Waals surface area contributed by atoms with Crippen molar-refractivity contribution in [3.05, 3.63) is 0 Å². The second-order valence-corrected chi connectivity index (χ2v) is 7.90. The molecule has 2 aliphatic heterocycles. The van der Waals surface area contributed by atoms with Crippen LogP contribution < -0.4 is 0 Å². The van der Waals surface area contributed by atoms with Gasteiger partial charge in [-0.1, -0.05) is 19.3 Å². The zero-order valence-corrected chi connectivity index (χ0v) is 14.5. The number of nitrogens with zero attached hydrogens (tertiary/aromatic N) is 1. The van der Waals surface area contributed by atoms with Gasteiger partial charge < -0.3 is 14.4 Å². The van der Waals surface area contributed by atoms with E-state index in [0.717, 1.165) is 58.0 Å². The van der Waals surface area contributed by atoms with E-state index in [2.05, 4.69) is 4.90 Å². The molecule has 2 heterocycles. The minimum Gasteiger partial charge on any atom is -0.370 e. The summed E-state index contributed by atoms with van der Waals surface area (Å²) in [6.07, 6.45) is 11.7. The lowest BCUT2D eigenvalue weighted by atomic mass is 9.85. The predicted molar refractivity (Wildman–Crippen MR) is 89.1 cm³/mol. The van der Waals surface area contributed by atoms with Crippen LogP contribution in [-0.2, 0) is 14.3 Å². The van der Waals surface area contributed by atoms with Gasteiger partial charge >= 0.3 is 0 Å². The van der Waals surface area contributed by atoms with Gasteiger partial charge in [-0.05, 0) is 51.9 Å². The third-order valence-electron chi connectivity index (χ3n) is 5.96. The highest BCUT2D eigenvalue weighted by Crippen LogP contribution is 2.40. The highest BCUT2D eigenvalue weighted by atomic mass is 16.5. The Bertz CT molecular complexity index is 444. The van der Waals surface area contributed by atoms with Gasteiger partial charge in [0.2, 0.25) is 5.91 Å². The molecule has 4 nitrogen and oxygen atoms in total. The number of piperidine rings is 1. The molecule has 0 aromatic carbocycles. The first-order valence-corrected chi connectivity index (χ1v) is 9.54. The first-order chi connectivity index (χ1) is 11.1. The molecular weight excluding hydrogens is 290 g/mol. The van der Waals surface area contributed by atoms with Gasteiger partial charge in [0.05, 0.1) is 11.7 Å². The van der Waals surface area contributed by atoms with E-state index < -0.39 is 0 Å². The Hall–Kier alpha value is -0.900. The van der Waals surface area contributed by atoms with Gasteiger partial charge in [0, 0.05) is 25.4 Å². The lowest BCUT2D eigenvalue weighted by molar-refractivity contribution is -0.147.